The van der Waals surface area contributed by atoms with Crippen LogP contribution in [0.15, 0.2) is 60.4 Å². The van der Waals surface area contributed by atoms with Gasteiger partial charge in [-0.15, -0.1) is 11.3 Å². The number of hydrogen-bond acceptors (Lipinski definition) is 4. The van der Waals surface area contributed by atoms with Crippen LogP contribution < -0.4 is 5.73 Å². The number of aromatic nitrogens is 3. The first-order chi connectivity index (χ1) is 14.7. The van der Waals surface area contributed by atoms with Crippen LogP contribution in [0, 0.1) is 0 Å². The van der Waals surface area contributed by atoms with Crippen molar-refractivity contribution < 1.29 is 0 Å². The number of benzene rings is 2. The molecule has 0 saturated carbocycles. The zero-order valence-electron chi connectivity index (χ0n) is 16.0. The summed E-state index contributed by atoms with van der Waals surface area (Å²) in [5, 5.41) is 4.40. The molecule has 4 nitrogen and oxygen atoms in total. The quantitative estimate of drug-likeness (QED) is 0.331. The molecule has 0 radical (unpaired) electrons. The van der Waals surface area contributed by atoms with E-state index in [1.807, 2.05) is 34.2 Å². The van der Waals surface area contributed by atoms with Gasteiger partial charge in [-0.05, 0) is 60.7 Å². The molecule has 30 heavy (non-hydrogen) atoms. The summed E-state index contributed by atoms with van der Waals surface area (Å²) in [5.41, 5.74) is 11.3. The highest BCUT2D eigenvalue weighted by atomic mass is 35.5. The van der Waals surface area contributed by atoms with Gasteiger partial charge in [-0.3, -0.25) is 9.55 Å². The fourth-order valence-corrected chi connectivity index (χ4v) is 5.09. The molecule has 0 saturated heterocycles. The molecule has 0 aliphatic heterocycles. The Balaban J connectivity index is 1.72. The average Bonchev–Trinajstić information content (AvgIpc) is 3.42. The maximum atomic E-state index is 6.67. The van der Waals surface area contributed by atoms with E-state index in [9.17, 15) is 0 Å². The minimum atomic E-state index is 0.666. The maximum absolute atomic E-state index is 6.67. The van der Waals surface area contributed by atoms with E-state index in [2.05, 4.69) is 28.2 Å². The van der Waals surface area contributed by atoms with Crippen molar-refractivity contribution in [2.24, 2.45) is 5.73 Å². The Hall–Kier alpha value is -2.44. The van der Waals surface area contributed by atoms with Gasteiger partial charge < -0.3 is 5.73 Å². The molecule has 0 aliphatic rings. The van der Waals surface area contributed by atoms with E-state index in [1.165, 1.54) is 5.56 Å². The van der Waals surface area contributed by atoms with Gasteiger partial charge in [-0.25, -0.2) is 4.98 Å². The Labute approximate surface area is 187 Å². The Bertz CT molecular complexity index is 1360. The molecule has 3 heterocycles. The summed E-state index contributed by atoms with van der Waals surface area (Å²) in [4.78, 5) is 10.3. The third-order valence-corrected chi connectivity index (χ3v) is 6.71. The summed E-state index contributed by atoms with van der Waals surface area (Å²) < 4.78 is 2.03. The van der Waals surface area contributed by atoms with Gasteiger partial charge in [0.1, 0.15) is 11.8 Å². The second kappa shape index (κ2) is 8.00. The lowest BCUT2D eigenvalue weighted by Gasteiger charge is -2.11. The molecular formula is C23H18Cl2N4S. The lowest BCUT2D eigenvalue weighted by molar-refractivity contribution is 0.832. The molecule has 0 amide bonds. The Morgan fingerprint density at radius 3 is 2.67 bits per heavy atom. The van der Waals surface area contributed by atoms with Crippen LogP contribution in [0.25, 0.3) is 38.1 Å². The number of thiophene rings is 1. The highest BCUT2D eigenvalue weighted by Crippen LogP contribution is 2.37. The van der Waals surface area contributed by atoms with E-state index in [0.29, 0.717) is 16.6 Å². The molecule has 150 valence electrons. The maximum Gasteiger partial charge on any atom is 0.108 e. The van der Waals surface area contributed by atoms with Crippen LogP contribution in [0.5, 0.6) is 0 Å². The monoisotopic (exact) mass is 452 g/mol. The van der Waals surface area contributed by atoms with Gasteiger partial charge in [0, 0.05) is 15.8 Å². The lowest BCUT2D eigenvalue weighted by Crippen LogP contribution is -2.01. The van der Waals surface area contributed by atoms with Gasteiger partial charge in [0.15, 0.2) is 0 Å². The molecule has 2 N–H and O–H groups in total. The Kier molecular flexibility index (Phi) is 5.21. The molecule has 0 unspecified atom stereocenters. The van der Waals surface area contributed by atoms with Gasteiger partial charge in [-0.2, -0.15) is 0 Å². The average molecular weight is 453 g/mol. The van der Waals surface area contributed by atoms with Crippen LogP contribution in [0.3, 0.4) is 0 Å². The van der Waals surface area contributed by atoms with Crippen LogP contribution in [0.1, 0.15) is 12.0 Å². The molecule has 0 spiro atoms. The molecule has 7 heteroatoms. The summed E-state index contributed by atoms with van der Waals surface area (Å²) in [5.74, 6) is 0. The highest BCUT2D eigenvalue weighted by molar-refractivity contribution is 7.13. The summed E-state index contributed by atoms with van der Waals surface area (Å²) >= 11 is 14.9. The zero-order valence-corrected chi connectivity index (χ0v) is 18.3. The van der Waals surface area contributed by atoms with Crippen molar-refractivity contribution in [3.63, 3.8) is 0 Å². The van der Waals surface area contributed by atoms with Gasteiger partial charge in [0.2, 0.25) is 0 Å². The standard InChI is InChI=1S/C23H18Cl2N4S/c24-17-11-19-16(10-15(17)22-4-2-8-30-22)23-20(12-27-19)28-13-29(23)21-6-5-14(3-1-7-26)9-18(21)25/h2,4-6,8-13H,1,3,7,26H2. The number of pyridine rings is 1. The predicted octanol–water partition coefficient (Wildman–Crippen LogP) is 6.50. The summed E-state index contributed by atoms with van der Waals surface area (Å²) in [6.45, 7) is 0.666. The number of nitrogens with two attached hydrogens (primary N) is 1. The van der Waals surface area contributed by atoms with E-state index in [1.54, 1.807) is 23.9 Å². The normalized spacial score (nSPS) is 11.6. The third kappa shape index (κ3) is 3.38. The lowest BCUT2D eigenvalue weighted by atomic mass is 10.1. The number of aryl methyl sites for hydroxylation is 1. The van der Waals surface area contributed by atoms with Crippen LogP contribution >= 0.6 is 34.5 Å². The first kappa shape index (κ1) is 19.5. The molecule has 0 atom stereocenters. The van der Waals surface area contributed by atoms with Gasteiger partial charge in [0.25, 0.3) is 0 Å². The molecular weight excluding hydrogens is 435 g/mol. The van der Waals surface area contributed by atoms with Crippen molar-refractivity contribution in [1.29, 1.82) is 0 Å². The molecule has 5 rings (SSSR count). The topological polar surface area (TPSA) is 56.7 Å². The van der Waals surface area contributed by atoms with E-state index in [4.69, 9.17) is 28.9 Å². The Morgan fingerprint density at radius 1 is 1.00 bits per heavy atom. The van der Waals surface area contributed by atoms with E-state index in [-0.39, 0.29) is 0 Å². The second-order valence-electron chi connectivity index (χ2n) is 7.11. The fraction of sp³-hybridized carbons (Fsp3) is 0.130. The largest absolute Gasteiger partial charge is 0.330 e. The minimum absolute atomic E-state index is 0.666. The fourth-order valence-electron chi connectivity index (χ4n) is 3.73. The van der Waals surface area contributed by atoms with Crippen LogP contribution in [-0.2, 0) is 6.42 Å². The van der Waals surface area contributed by atoms with Crippen molar-refractivity contribution >= 4 is 56.5 Å². The number of rotatable bonds is 5. The molecule has 5 aromatic rings. The first-order valence-electron chi connectivity index (χ1n) is 9.64. The molecule has 0 aliphatic carbocycles. The van der Waals surface area contributed by atoms with Crippen molar-refractivity contribution in [1.82, 2.24) is 14.5 Å². The smallest absolute Gasteiger partial charge is 0.108 e. The third-order valence-electron chi connectivity index (χ3n) is 5.19. The molecule has 0 fully saturated rings. The SMILES string of the molecule is NCCCc1ccc(-n2cnc3cnc4cc(Cl)c(-c5cccs5)cc4c32)c(Cl)c1. The number of fused-ring (bicyclic) bond motifs is 3. The van der Waals surface area contributed by atoms with Gasteiger partial charge in [-0.1, -0.05) is 35.3 Å². The molecule has 2 aromatic carbocycles. The zero-order chi connectivity index (χ0) is 20.7. The van der Waals surface area contributed by atoms with Crippen molar-refractivity contribution in [3.05, 3.63) is 76.0 Å². The highest BCUT2D eigenvalue weighted by Gasteiger charge is 2.15. The molecule has 0 bridgehead atoms. The van der Waals surface area contributed by atoms with Gasteiger partial charge in [0.05, 0.1) is 33.0 Å². The number of nitrogens with zero attached hydrogens (tertiary/aromatic N) is 3. The summed E-state index contributed by atoms with van der Waals surface area (Å²) in [6.07, 6.45) is 5.42. The minimum Gasteiger partial charge on any atom is -0.330 e. The number of imidazole rings is 1. The van der Waals surface area contributed by atoms with Crippen LogP contribution in [0.2, 0.25) is 10.0 Å². The number of halogens is 2. The summed E-state index contributed by atoms with van der Waals surface area (Å²) in [6, 6.07) is 14.3. The van der Waals surface area contributed by atoms with Crippen molar-refractivity contribution in [2.45, 2.75) is 12.8 Å². The van der Waals surface area contributed by atoms with E-state index in [0.717, 1.165) is 50.9 Å². The van der Waals surface area contributed by atoms with Crippen LogP contribution in [-0.4, -0.2) is 21.1 Å². The molecule has 3 aromatic heterocycles. The first-order valence-corrected chi connectivity index (χ1v) is 11.3. The number of hydrogen-bond donors (Lipinski definition) is 1. The predicted molar refractivity (Wildman–Crippen MR) is 127 cm³/mol. The summed E-state index contributed by atoms with van der Waals surface area (Å²) in [7, 11) is 0. The van der Waals surface area contributed by atoms with Crippen molar-refractivity contribution in [3.8, 4) is 16.1 Å². The van der Waals surface area contributed by atoms with Gasteiger partial charge >= 0.3 is 0 Å². The second-order valence-corrected chi connectivity index (χ2v) is 8.87. The van der Waals surface area contributed by atoms with Crippen molar-refractivity contribution in [2.75, 3.05) is 6.54 Å². The van der Waals surface area contributed by atoms with E-state index >= 15 is 0 Å². The van der Waals surface area contributed by atoms with Crippen LogP contribution in [0.4, 0.5) is 0 Å². The van der Waals surface area contributed by atoms with E-state index < -0.39 is 0 Å². The Morgan fingerprint density at radius 2 is 1.90 bits per heavy atom.